The van der Waals surface area contributed by atoms with Crippen LogP contribution in [0, 0.1) is 13.8 Å². The molecule has 4 rings (SSSR count). The van der Waals surface area contributed by atoms with Crippen LogP contribution in [0.5, 0.6) is 5.88 Å². The van der Waals surface area contributed by atoms with Gasteiger partial charge in [-0.25, -0.2) is 9.78 Å². The average molecular weight is 486 g/mol. The number of benzene rings is 2. The van der Waals surface area contributed by atoms with Gasteiger partial charge in [0.1, 0.15) is 0 Å². The Kier molecular flexibility index (Phi) is 7.38. The van der Waals surface area contributed by atoms with Gasteiger partial charge in [-0.15, -0.1) is 0 Å². The van der Waals surface area contributed by atoms with E-state index in [1.165, 1.54) is 5.56 Å². The van der Waals surface area contributed by atoms with Gasteiger partial charge in [0.2, 0.25) is 5.88 Å². The largest absolute Gasteiger partial charge is 0.479 e. The Morgan fingerprint density at radius 1 is 1.06 bits per heavy atom. The molecule has 0 spiro atoms. The Hall–Kier alpha value is -4.13. The van der Waals surface area contributed by atoms with Gasteiger partial charge in [-0.05, 0) is 66.3 Å². The number of carbonyl (C=O) groups excluding carboxylic acids is 1. The molecule has 0 radical (unpaired) electrons. The first kappa shape index (κ1) is 25.0. The van der Waals surface area contributed by atoms with E-state index >= 15 is 0 Å². The summed E-state index contributed by atoms with van der Waals surface area (Å²) in [6, 6.07) is 17.7. The number of hydrogen-bond acceptors (Lipinski definition) is 4. The van der Waals surface area contributed by atoms with Crippen molar-refractivity contribution in [2.45, 2.75) is 46.7 Å². The first-order valence-electron chi connectivity index (χ1n) is 12.0. The van der Waals surface area contributed by atoms with Crippen LogP contribution in [0.2, 0.25) is 0 Å². The Bertz CT molecular complexity index is 1420. The van der Waals surface area contributed by atoms with Crippen molar-refractivity contribution in [1.29, 1.82) is 0 Å². The summed E-state index contributed by atoms with van der Waals surface area (Å²) in [5.74, 6) is -0.437. The molecule has 4 aromatic rings. The summed E-state index contributed by atoms with van der Waals surface area (Å²) in [4.78, 5) is 27.8. The second-order valence-corrected chi connectivity index (χ2v) is 9.30. The molecule has 0 fully saturated rings. The Morgan fingerprint density at radius 2 is 1.86 bits per heavy atom. The Morgan fingerprint density at radius 3 is 2.61 bits per heavy atom. The van der Waals surface area contributed by atoms with Crippen molar-refractivity contribution in [2.24, 2.45) is 0 Å². The molecule has 2 N–H and O–H groups in total. The first-order chi connectivity index (χ1) is 17.2. The summed E-state index contributed by atoms with van der Waals surface area (Å²) in [5.41, 5.74) is 7.13. The summed E-state index contributed by atoms with van der Waals surface area (Å²) in [6.07, 6.45) is 1.61. The fourth-order valence-corrected chi connectivity index (χ4v) is 4.29. The van der Waals surface area contributed by atoms with E-state index in [4.69, 9.17) is 9.84 Å². The number of carboxylic acids is 1. The molecule has 2 aromatic heterocycles. The highest BCUT2D eigenvalue weighted by atomic mass is 16.5. The first-order valence-corrected chi connectivity index (χ1v) is 12.0. The molecule has 0 aliphatic heterocycles. The van der Waals surface area contributed by atoms with Crippen molar-refractivity contribution in [3.63, 3.8) is 0 Å². The summed E-state index contributed by atoms with van der Waals surface area (Å²) < 4.78 is 7.40. The number of rotatable bonds is 9. The molecule has 186 valence electrons. The standard InChI is InChI=1S/C29H31N3O4/c1-18(2)23-7-5-6-21(12-23)15-31-29(35)24-8-9-26-25(14-24)19(3)20(4)32(26)16-22-10-11-30-27(13-22)36-17-28(33)34/h5-14,18H,15-17H2,1-4H3,(H,31,35)(H,33,34). The quantitative estimate of drug-likeness (QED) is 0.339. The fraction of sp³-hybridized carbons (Fsp3) is 0.276. The van der Waals surface area contributed by atoms with Gasteiger partial charge in [0.25, 0.3) is 5.91 Å². The number of nitrogens with one attached hydrogen (secondary N) is 1. The number of hydrogen-bond donors (Lipinski definition) is 2. The highest BCUT2D eigenvalue weighted by Gasteiger charge is 2.15. The highest BCUT2D eigenvalue weighted by Crippen LogP contribution is 2.28. The third-order valence-corrected chi connectivity index (χ3v) is 6.46. The number of ether oxygens (including phenoxy) is 1. The lowest BCUT2D eigenvalue weighted by Crippen LogP contribution is -2.22. The van der Waals surface area contributed by atoms with Gasteiger partial charge in [0.05, 0.1) is 0 Å². The molecular formula is C29H31N3O4. The normalized spacial score (nSPS) is 11.1. The van der Waals surface area contributed by atoms with Crippen molar-refractivity contribution in [3.05, 3.63) is 94.3 Å². The summed E-state index contributed by atoms with van der Waals surface area (Å²) in [6.45, 7) is 9.04. The number of aliphatic carboxylic acids is 1. The van der Waals surface area contributed by atoms with Crippen molar-refractivity contribution in [1.82, 2.24) is 14.9 Å². The molecule has 2 heterocycles. The molecule has 7 nitrogen and oxygen atoms in total. The minimum Gasteiger partial charge on any atom is -0.479 e. The zero-order valence-electron chi connectivity index (χ0n) is 21.0. The topological polar surface area (TPSA) is 93.5 Å². The molecule has 2 aromatic carbocycles. The number of amides is 1. The van der Waals surface area contributed by atoms with Crippen LogP contribution in [0.4, 0.5) is 0 Å². The van der Waals surface area contributed by atoms with Crippen LogP contribution < -0.4 is 10.1 Å². The fourth-order valence-electron chi connectivity index (χ4n) is 4.29. The van der Waals surface area contributed by atoms with Gasteiger partial charge in [-0.3, -0.25) is 4.79 Å². The van der Waals surface area contributed by atoms with Gasteiger partial charge in [0, 0.05) is 47.5 Å². The SMILES string of the molecule is Cc1c(C)n(Cc2ccnc(OCC(=O)O)c2)c2ccc(C(=O)NCc3cccc(C(C)C)c3)cc12. The molecule has 0 aliphatic rings. The van der Waals surface area contributed by atoms with Crippen LogP contribution in [0.1, 0.15) is 58.1 Å². The van der Waals surface area contributed by atoms with Crippen LogP contribution in [0.25, 0.3) is 10.9 Å². The molecule has 0 unspecified atom stereocenters. The molecular weight excluding hydrogens is 454 g/mol. The molecule has 0 saturated heterocycles. The molecule has 0 atom stereocenters. The van der Waals surface area contributed by atoms with Gasteiger partial charge in [0.15, 0.2) is 6.61 Å². The van der Waals surface area contributed by atoms with Crippen molar-refractivity contribution in [3.8, 4) is 5.88 Å². The van der Waals surface area contributed by atoms with Crippen LogP contribution in [-0.2, 0) is 17.9 Å². The number of carbonyl (C=O) groups is 2. The number of fused-ring (bicyclic) bond motifs is 1. The molecule has 0 bridgehead atoms. The number of carboxylic acid groups (broad SMARTS) is 1. The molecule has 0 saturated carbocycles. The predicted octanol–water partition coefficient (Wildman–Crippen LogP) is 5.22. The Labute approximate surface area is 210 Å². The van der Waals surface area contributed by atoms with Crippen molar-refractivity contribution in [2.75, 3.05) is 6.61 Å². The van der Waals surface area contributed by atoms with E-state index < -0.39 is 12.6 Å². The zero-order chi connectivity index (χ0) is 25.8. The van der Waals surface area contributed by atoms with E-state index in [0.717, 1.165) is 33.3 Å². The molecule has 0 aliphatic carbocycles. The van der Waals surface area contributed by atoms with E-state index in [1.807, 2.05) is 36.4 Å². The average Bonchev–Trinajstić information content (AvgIpc) is 3.10. The van der Waals surface area contributed by atoms with E-state index in [9.17, 15) is 9.59 Å². The lowest BCUT2D eigenvalue weighted by molar-refractivity contribution is -0.139. The molecule has 7 heteroatoms. The highest BCUT2D eigenvalue weighted by molar-refractivity contribution is 5.99. The number of nitrogens with zero attached hydrogens (tertiary/aromatic N) is 2. The monoisotopic (exact) mass is 485 g/mol. The maximum absolute atomic E-state index is 12.9. The van der Waals surface area contributed by atoms with Gasteiger partial charge < -0.3 is 19.7 Å². The minimum absolute atomic E-state index is 0.106. The smallest absolute Gasteiger partial charge is 0.341 e. The number of aryl methyl sites for hydroxylation is 1. The zero-order valence-corrected chi connectivity index (χ0v) is 21.0. The summed E-state index contributed by atoms with van der Waals surface area (Å²) in [5, 5.41) is 12.9. The third kappa shape index (κ3) is 5.57. The summed E-state index contributed by atoms with van der Waals surface area (Å²) in [7, 11) is 0. The second-order valence-electron chi connectivity index (χ2n) is 9.30. The van der Waals surface area contributed by atoms with E-state index in [0.29, 0.717) is 24.6 Å². The van der Waals surface area contributed by atoms with E-state index in [2.05, 4.69) is 54.7 Å². The maximum atomic E-state index is 12.9. The van der Waals surface area contributed by atoms with Gasteiger partial charge in [-0.2, -0.15) is 0 Å². The Balaban J connectivity index is 1.53. The van der Waals surface area contributed by atoms with Crippen molar-refractivity contribution >= 4 is 22.8 Å². The lowest BCUT2D eigenvalue weighted by Gasteiger charge is -2.11. The molecule has 36 heavy (non-hydrogen) atoms. The second kappa shape index (κ2) is 10.6. The van der Waals surface area contributed by atoms with Gasteiger partial charge >= 0.3 is 5.97 Å². The third-order valence-electron chi connectivity index (χ3n) is 6.46. The van der Waals surface area contributed by atoms with Crippen LogP contribution >= 0.6 is 0 Å². The van der Waals surface area contributed by atoms with Crippen LogP contribution in [0.15, 0.2) is 60.8 Å². The maximum Gasteiger partial charge on any atom is 0.341 e. The predicted molar refractivity (Wildman–Crippen MR) is 140 cm³/mol. The van der Waals surface area contributed by atoms with Crippen LogP contribution in [0.3, 0.4) is 0 Å². The minimum atomic E-state index is -1.05. The van der Waals surface area contributed by atoms with E-state index in [-0.39, 0.29) is 11.8 Å². The summed E-state index contributed by atoms with van der Waals surface area (Å²) >= 11 is 0. The number of pyridine rings is 1. The number of aromatic nitrogens is 2. The van der Waals surface area contributed by atoms with Gasteiger partial charge in [-0.1, -0.05) is 38.1 Å². The molecule has 1 amide bonds. The van der Waals surface area contributed by atoms with Crippen molar-refractivity contribution < 1.29 is 19.4 Å². The van der Waals surface area contributed by atoms with E-state index in [1.54, 1.807) is 12.3 Å². The lowest BCUT2D eigenvalue weighted by atomic mass is 10.0. The van der Waals surface area contributed by atoms with Crippen LogP contribution in [-0.4, -0.2) is 33.1 Å².